The summed E-state index contributed by atoms with van der Waals surface area (Å²) in [6.07, 6.45) is 1.36. The second-order valence-corrected chi connectivity index (χ2v) is 9.32. The van der Waals surface area contributed by atoms with Crippen LogP contribution in [0.5, 0.6) is 11.5 Å². The zero-order chi connectivity index (χ0) is 28.1. The van der Waals surface area contributed by atoms with Crippen molar-refractivity contribution in [3.63, 3.8) is 0 Å². The van der Waals surface area contributed by atoms with Crippen molar-refractivity contribution in [2.24, 2.45) is 0 Å². The number of rotatable bonds is 8. The summed E-state index contributed by atoms with van der Waals surface area (Å²) in [6.45, 7) is 2.40. The van der Waals surface area contributed by atoms with Gasteiger partial charge in [-0.25, -0.2) is 4.39 Å². The van der Waals surface area contributed by atoms with Gasteiger partial charge >= 0.3 is 0 Å². The predicted molar refractivity (Wildman–Crippen MR) is 153 cm³/mol. The molecule has 40 heavy (non-hydrogen) atoms. The number of nitrogens with zero attached hydrogens (tertiary/aromatic N) is 3. The summed E-state index contributed by atoms with van der Waals surface area (Å²) < 4.78 is 21.4. The maximum Gasteiger partial charge on any atom is 0.299 e. The van der Waals surface area contributed by atoms with Crippen LogP contribution >= 0.6 is 0 Å². The molecule has 200 valence electrons. The van der Waals surface area contributed by atoms with E-state index in [4.69, 9.17) is 4.74 Å². The first-order chi connectivity index (χ1) is 19.4. The number of hydrogen-bond donors (Lipinski definition) is 1. The zero-order valence-electron chi connectivity index (χ0n) is 22.0. The molecule has 0 aliphatic carbocycles. The van der Waals surface area contributed by atoms with E-state index in [0.29, 0.717) is 23.5 Å². The summed E-state index contributed by atoms with van der Waals surface area (Å²) >= 11 is 0. The van der Waals surface area contributed by atoms with Gasteiger partial charge in [0.25, 0.3) is 11.5 Å². The van der Waals surface area contributed by atoms with Gasteiger partial charge in [-0.1, -0.05) is 66.2 Å². The van der Waals surface area contributed by atoms with Crippen molar-refractivity contribution >= 4 is 17.3 Å². The average molecular weight is 535 g/mol. The molecule has 0 radical (unpaired) electrons. The van der Waals surface area contributed by atoms with E-state index in [1.807, 2.05) is 49.4 Å². The molecule has 0 bridgehead atoms. The van der Waals surface area contributed by atoms with Crippen molar-refractivity contribution in [1.82, 2.24) is 14.7 Å². The lowest BCUT2D eigenvalue weighted by Gasteiger charge is -2.18. The summed E-state index contributed by atoms with van der Waals surface area (Å²) in [6, 6.07) is 29.8. The number of carbonyl (C=O) groups excluding carboxylic acids is 1. The van der Waals surface area contributed by atoms with E-state index < -0.39 is 11.4 Å². The summed E-state index contributed by atoms with van der Waals surface area (Å²) in [7, 11) is 1.74. The van der Waals surface area contributed by atoms with E-state index in [0.717, 1.165) is 11.1 Å². The Morgan fingerprint density at radius 3 is 2.40 bits per heavy atom. The number of halogens is 1. The van der Waals surface area contributed by atoms with E-state index in [2.05, 4.69) is 10.4 Å². The topological polar surface area (TPSA) is 76.5 Å². The Hall–Kier alpha value is -5.24. The second kappa shape index (κ2) is 11.7. The highest BCUT2D eigenvalue weighted by atomic mass is 19.1. The normalized spacial score (nSPS) is 10.7. The molecule has 0 spiro atoms. The van der Waals surface area contributed by atoms with Gasteiger partial charge in [0, 0.05) is 24.8 Å². The van der Waals surface area contributed by atoms with Gasteiger partial charge in [0.15, 0.2) is 23.0 Å². The quantitative estimate of drug-likeness (QED) is 0.246. The Morgan fingerprint density at radius 2 is 1.65 bits per heavy atom. The molecule has 1 heterocycles. The van der Waals surface area contributed by atoms with Gasteiger partial charge in [0.2, 0.25) is 0 Å². The van der Waals surface area contributed by atoms with E-state index in [-0.39, 0.29) is 23.1 Å². The Morgan fingerprint density at radius 1 is 0.925 bits per heavy atom. The van der Waals surface area contributed by atoms with Gasteiger partial charge in [0.1, 0.15) is 0 Å². The molecule has 0 aliphatic rings. The number of aromatic nitrogens is 2. The van der Waals surface area contributed by atoms with Gasteiger partial charge < -0.3 is 15.0 Å². The van der Waals surface area contributed by atoms with Crippen molar-refractivity contribution in [3.05, 3.63) is 142 Å². The van der Waals surface area contributed by atoms with E-state index in [1.165, 1.54) is 23.0 Å². The lowest BCUT2D eigenvalue weighted by Crippen LogP contribution is -2.26. The van der Waals surface area contributed by atoms with Crippen molar-refractivity contribution in [1.29, 1.82) is 0 Å². The van der Waals surface area contributed by atoms with Gasteiger partial charge in [-0.3, -0.25) is 9.59 Å². The minimum atomic E-state index is -0.579. The van der Waals surface area contributed by atoms with E-state index in [9.17, 15) is 14.0 Å². The smallest absolute Gasteiger partial charge is 0.299 e. The number of amides is 1. The highest BCUT2D eigenvalue weighted by molar-refractivity contribution is 5.95. The largest absolute Gasteiger partial charge is 0.450 e. The minimum Gasteiger partial charge on any atom is -0.450 e. The summed E-state index contributed by atoms with van der Waals surface area (Å²) in [5.74, 6) is -0.768. The van der Waals surface area contributed by atoms with E-state index in [1.54, 1.807) is 60.5 Å². The fourth-order valence-corrected chi connectivity index (χ4v) is 4.17. The summed E-state index contributed by atoms with van der Waals surface area (Å²) in [5, 5.41) is 7.37. The Labute approximate surface area is 231 Å². The number of aryl methyl sites for hydroxylation is 1. The SMILES string of the molecule is Cc1ccc(-n2ncc(Oc3ccccc3F)c(Nc3cccc(C(=O)N(C)Cc4ccccc4)c3)c2=O)cc1. The van der Waals surface area contributed by atoms with Crippen LogP contribution < -0.4 is 15.6 Å². The highest BCUT2D eigenvalue weighted by Gasteiger charge is 2.18. The Kier molecular flexibility index (Phi) is 7.68. The summed E-state index contributed by atoms with van der Waals surface area (Å²) in [4.78, 5) is 28.5. The van der Waals surface area contributed by atoms with E-state index >= 15 is 0 Å². The first kappa shape index (κ1) is 26.4. The third kappa shape index (κ3) is 5.91. The minimum absolute atomic E-state index is 0.0383. The molecule has 1 aromatic heterocycles. The molecule has 1 amide bonds. The number of ether oxygens (including phenoxy) is 1. The molecule has 0 saturated carbocycles. The second-order valence-electron chi connectivity index (χ2n) is 9.32. The molecule has 1 N–H and O–H groups in total. The van der Waals surface area contributed by atoms with Gasteiger partial charge in [-0.15, -0.1) is 0 Å². The highest BCUT2D eigenvalue weighted by Crippen LogP contribution is 2.30. The van der Waals surface area contributed by atoms with Crippen molar-refractivity contribution < 1.29 is 13.9 Å². The molecule has 8 heteroatoms. The average Bonchev–Trinajstić information content (AvgIpc) is 2.97. The van der Waals surface area contributed by atoms with Crippen LogP contribution in [0.3, 0.4) is 0 Å². The first-order valence-electron chi connectivity index (χ1n) is 12.7. The molecular weight excluding hydrogens is 507 g/mol. The lowest BCUT2D eigenvalue weighted by atomic mass is 10.1. The molecular formula is C32H27FN4O3. The number of para-hydroxylation sites is 1. The Balaban J connectivity index is 1.49. The van der Waals surface area contributed by atoms with Crippen LogP contribution in [0, 0.1) is 12.7 Å². The molecule has 0 aliphatic heterocycles. The molecule has 0 unspecified atom stereocenters. The third-order valence-corrected chi connectivity index (χ3v) is 6.27. The number of anilines is 2. The predicted octanol–water partition coefficient (Wildman–Crippen LogP) is 6.49. The first-order valence-corrected chi connectivity index (χ1v) is 12.7. The standard InChI is InChI=1S/C32H27FN4O3/c1-22-15-17-26(18-16-22)37-32(39)30(29(20-34-37)40-28-14-7-6-13-27(28)33)35-25-12-8-11-24(19-25)31(38)36(2)21-23-9-4-3-5-10-23/h3-20,35H,21H2,1-2H3. The van der Waals surface area contributed by atoms with Crippen LogP contribution in [-0.2, 0) is 6.54 Å². The van der Waals surface area contributed by atoms with Crippen LogP contribution in [0.1, 0.15) is 21.5 Å². The number of nitrogens with one attached hydrogen (secondary N) is 1. The Bertz CT molecular complexity index is 1700. The maximum absolute atomic E-state index is 14.4. The van der Waals surface area contributed by atoms with Crippen LogP contribution in [0.15, 0.2) is 114 Å². The monoisotopic (exact) mass is 534 g/mol. The zero-order valence-corrected chi connectivity index (χ0v) is 22.0. The third-order valence-electron chi connectivity index (χ3n) is 6.27. The molecule has 0 fully saturated rings. The molecule has 5 aromatic rings. The fourth-order valence-electron chi connectivity index (χ4n) is 4.17. The molecule has 0 atom stereocenters. The molecule has 0 saturated heterocycles. The van der Waals surface area contributed by atoms with Crippen LogP contribution in [0.4, 0.5) is 15.8 Å². The van der Waals surface area contributed by atoms with Crippen LogP contribution in [0.25, 0.3) is 5.69 Å². The van der Waals surface area contributed by atoms with Gasteiger partial charge in [-0.05, 0) is 55.0 Å². The van der Waals surface area contributed by atoms with Crippen molar-refractivity contribution in [2.75, 3.05) is 12.4 Å². The van der Waals surface area contributed by atoms with Crippen LogP contribution in [0.2, 0.25) is 0 Å². The number of carbonyl (C=O) groups is 1. The molecule has 7 nitrogen and oxygen atoms in total. The number of benzene rings is 4. The molecule has 5 rings (SSSR count). The van der Waals surface area contributed by atoms with Crippen LogP contribution in [-0.4, -0.2) is 27.6 Å². The van der Waals surface area contributed by atoms with Gasteiger partial charge in [-0.2, -0.15) is 9.78 Å². The lowest BCUT2D eigenvalue weighted by molar-refractivity contribution is 0.0785. The van der Waals surface area contributed by atoms with Gasteiger partial charge in [0.05, 0.1) is 11.9 Å². The fraction of sp³-hybridized carbons (Fsp3) is 0.0938. The number of hydrogen-bond acceptors (Lipinski definition) is 5. The maximum atomic E-state index is 14.4. The van der Waals surface area contributed by atoms with Crippen molar-refractivity contribution in [2.45, 2.75) is 13.5 Å². The summed E-state index contributed by atoms with van der Waals surface area (Å²) in [5.41, 5.74) is 3.06. The van der Waals surface area contributed by atoms with Crippen molar-refractivity contribution in [3.8, 4) is 17.2 Å². The molecule has 4 aromatic carbocycles.